The average molecular weight is 237 g/mol. The summed E-state index contributed by atoms with van der Waals surface area (Å²) in [6, 6.07) is 8.03. The summed E-state index contributed by atoms with van der Waals surface area (Å²) in [5.41, 5.74) is 1.11. The Morgan fingerprint density at radius 1 is 1.29 bits per heavy atom. The lowest BCUT2D eigenvalue weighted by atomic mass is 10.1. The highest BCUT2D eigenvalue weighted by Gasteiger charge is 2.15. The second-order valence-electron chi connectivity index (χ2n) is 4.01. The first-order chi connectivity index (χ1) is 8.33. The van der Waals surface area contributed by atoms with Crippen LogP contribution in [0, 0.1) is 0 Å². The molecule has 0 radical (unpaired) electrons. The van der Waals surface area contributed by atoms with E-state index in [2.05, 4.69) is 18.3 Å². The number of hydrogen-bond acceptors (Lipinski definition) is 3. The van der Waals surface area contributed by atoms with Gasteiger partial charge in [-0.3, -0.25) is 0 Å². The standard InChI is InChI=1S/C14H23NO2/c1-4-5-10-17-14(11-15-2)12-8-6-7-9-13(12)16-3/h6-9,14-15H,4-5,10-11H2,1-3H3. The number of hydrogen-bond donors (Lipinski definition) is 1. The smallest absolute Gasteiger partial charge is 0.124 e. The second-order valence-corrected chi connectivity index (χ2v) is 4.01. The summed E-state index contributed by atoms with van der Waals surface area (Å²) in [5, 5.41) is 3.16. The van der Waals surface area contributed by atoms with E-state index in [-0.39, 0.29) is 6.10 Å². The Morgan fingerprint density at radius 2 is 2.06 bits per heavy atom. The fraction of sp³-hybridized carbons (Fsp3) is 0.571. The summed E-state index contributed by atoms with van der Waals surface area (Å²) < 4.78 is 11.3. The third-order valence-electron chi connectivity index (χ3n) is 2.69. The van der Waals surface area contributed by atoms with Gasteiger partial charge >= 0.3 is 0 Å². The molecule has 1 rings (SSSR count). The van der Waals surface area contributed by atoms with Gasteiger partial charge in [0.1, 0.15) is 5.75 Å². The van der Waals surface area contributed by atoms with Crippen molar-refractivity contribution in [1.82, 2.24) is 5.32 Å². The molecule has 0 saturated heterocycles. The van der Waals surface area contributed by atoms with Gasteiger partial charge in [0.05, 0.1) is 13.2 Å². The summed E-state index contributed by atoms with van der Waals surface area (Å²) in [6.07, 6.45) is 2.30. The van der Waals surface area contributed by atoms with E-state index in [1.54, 1.807) is 7.11 Å². The van der Waals surface area contributed by atoms with Crippen molar-refractivity contribution in [2.45, 2.75) is 25.9 Å². The minimum atomic E-state index is 0.0581. The third-order valence-corrected chi connectivity index (χ3v) is 2.69. The summed E-state index contributed by atoms with van der Waals surface area (Å²) in [6.45, 7) is 3.75. The maximum atomic E-state index is 5.91. The van der Waals surface area contributed by atoms with Gasteiger partial charge in [0.25, 0.3) is 0 Å². The average Bonchev–Trinajstić information content (AvgIpc) is 2.38. The number of nitrogens with one attached hydrogen (secondary N) is 1. The minimum Gasteiger partial charge on any atom is -0.496 e. The molecule has 1 atom stereocenters. The lowest BCUT2D eigenvalue weighted by Gasteiger charge is -2.20. The molecule has 17 heavy (non-hydrogen) atoms. The van der Waals surface area contributed by atoms with Crippen molar-refractivity contribution in [1.29, 1.82) is 0 Å². The molecule has 1 N–H and O–H groups in total. The van der Waals surface area contributed by atoms with Gasteiger partial charge in [-0.25, -0.2) is 0 Å². The van der Waals surface area contributed by atoms with Gasteiger partial charge in [0.15, 0.2) is 0 Å². The van der Waals surface area contributed by atoms with Gasteiger partial charge in [0, 0.05) is 18.7 Å². The van der Waals surface area contributed by atoms with E-state index in [9.17, 15) is 0 Å². The van der Waals surface area contributed by atoms with Crippen LogP contribution in [0.5, 0.6) is 5.75 Å². The molecule has 0 bridgehead atoms. The molecule has 0 aliphatic rings. The van der Waals surface area contributed by atoms with Crippen molar-refractivity contribution in [3.63, 3.8) is 0 Å². The number of unbranched alkanes of at least 4 members (excludes halogenated alkanes) is 1. The zero-order chi connectivity index (χ0) is 12.5. The molecule has 1 unspecified atom stereocenters. The Balaban J connectivity index is 2.73. The molecule has 3 heteroatoms. The molecule has 0 aliphatic heterocycles. The molecule has 0 aromatic heterocycles. The normalized spacial score (nSPS) is 12.4. The van der Waals surface area contributed by atoms with Crippen molar-refractivity contribution < 1.29 is 9.47 Å². The second kappa shape index (κ2) is 8.09. The Labute approximate surface area is 104 Å². The zero-order valence-corrected chi connectivity index (χ0v) is 11.0. The number of ether oxygens (including phenoxy) is 2. The van der Waals surface area contributed by atoms with E-state index in [1.165, 1.54) is 0 Å². The highest BCUT2D eigenvalue weighted by atomic mass is 16.5. The van der Waals surface area contributed by atoms with Crippen LogP contribution in [0.2, 0.25) is 0 Å². The molecule has 0 amide bonds. The summed E-state index contributed by atoms with van der Waals surface area (Å²) >= 11 is 0. The van der Waals surface area contributed by atoms with Crippen LogP contribution in [0.25, 0.3) is 0 Å². The molecule has 1 aromatic carbocycles. The first kappa shape index (κ1) is 14.0. The van der Waals surface area contributed by atoms with Crippen LogP contribution < -0.4 is 10.1 Å². The number of benzene rings is 1. The topological polar surface area (TPSA) is 30.5 Å². The van der Waals surface area contributed by atoms with E-state index >= 15 is 0 Å². The summed E-state index contributed by atoms with van der Waals surface area (Å²) in [5.74, 6) is 0.893. The van der Waals surface area contributed by atoms with Gasteiger partial charge in [-0.05, 0) is 19.5 Å². The van der Waals surface area contributed by atoms with E-state index in [0.717, 1.165) is 37.3 Å². The van der Waals surface area contributed by atoms with Gasteiger partial charge in [0.2, 0.25) is 0 Å². The minimum absolute atomic E-state index is 0.0581. The largest absolute Gasteiger partial charge is 0.496 e. The monoisotopic (exact) mass is 237 g/mol. The van der Waals surface area contributed by atoms with Gasteiger partial charge < -0.3 is 14.8 Å². The zero-order valence-electron chi connectivity index (χ0n) is 11.0. The fourth-order valence-corrected chi connectivity index (χ4v) is 1.75. The number of para-hydroxylation sites is 1. The van der Waals surface area contributed by atoms with Crippen molar-refractivity contribution in [2.24, 2.45) is 0 Å². The number of likely N-dealkylation sites (N-methyl/N-ethyl adjacent to an activating group) is 1. The van der Waals surface area contributed by atoms with Crippen LogP contribution in [0.3, 0.4) is 0 Å². The summed E-state index contributed by atoms with van der Waals surface area (Å²) in [7, 11) is 3.63. The Morgan fingerprint density at radius 3 is 2.71 bits per heavy atom. The molecule has 1 aromatic rings. The maximum Gasteiger partial charge on any atom is 0.124 e. The first-order valence-corrected chi connectivity index (χ1v) is 6.22. The predicted octanol–water partition coefficient (Wildman–Crippen LogP) is 2.77. The molecule has 3 nitrogen and oxygen atoms in total. The third kappa shape index (κ3) is 4.36. The van der Waals surface area contributed by atoms with Crippen molar-refractivity contribution in [2.75, 3.05) is 27.3 Å². The van der Waals surface area contributed by atoms with E-state index in [1.807, 2.05) is 25.2 Å². The fourth-order valence-electron chi connectivity index (χ4n) is 1.75. The van der Waals surface area contributed by atoms with Crippen molar-refractivity contribution >= 4 is 0 Å². The van der Waals surface area contributed by atoms with Gasteiger partial charge in [-0.15, -0.1) is 0 Å². The van der Waals surface area contributed by atoms with Crippen LogP contribution in [-0.2, 0) is 4.74 Å². The van der Waals surface area contributed by atoms with E-state index in [0.29, 0.717) is 0 Å². The Hall–Kier alpha value is -1.06. The lowest BCUT2D eigenvalue weighted by molar-refractivity contribution is 0.0503. The molecular weight excluding hydrogens is 214 g/mol. The van der Waals surface area contributed by atoms with Crippen molar-refractivity contribution in [3.8, 4) is 5.75 Å². The predicted molar refractivity (Wildman–Crippen MR) is 70.5 cm³/mol. The Bertz CT molecular complexity index is 315. The van der Waals surface area contributed by atoms with Crippen molar-refractivity contribution in [3.05, 3.63) is 29.8 Å². The maximum absolute atomic E-state index is 5.91. The molecule has 0 spiro atoms. The lowest BCUT2D eigenvalue weighted by Crippen LogP contribution is -2.20. The molecule has 0 aliphatic carbocycles. The van der Waals surface area contributed by atoms with Crippen LogP contribution in [0.1, 0.15) is 31.4 Å². The highest BCUT2D eigenvalue weighted by molar-refractivity contribution is 5.35. The van der Waals surface area contributed by atoms with Gasteiger partial charge in [-0.2, -0.15) is 0 Å². The molecule has 96 valence electrons. The van der Waals surface area contributed by atoms with E-state index in [4.69, 9.17) is 9.47 Å². The van der Waals surface area contributed by atoms with Gasteiger partial charge in [-0.1, -0.05) is 31.5 Å². The molecule has 0 heterocycles. The van der Waals surface area contributed by atoms with E-state index < -0.39 is 0 Å². The first-order valence-electron chi connectivity index (χ1n) is 6.22. The van der Waals surface area contributed by atoms with Crippen LogP contribution in [-0.4, -0.2) is 27.3 Å². The SMILES string of the molecule is CCCCOC(CNC)c1ccccc1OC. The van der Waals surface area contributed by atoms with Crippen LogP contribution >= 0.6 is 0 Å². The number of methoxy groups -OCH3 is 1. The molecule has 0 fully saturated rings. The quantitative estimate of drug-likeness (QED) is 0.705. The van der Waals surface area contributed by atoms with Crippen LogP contribution in [0.15, 0.2) is 24.3 Å². The summed E-state index contributed by atoms with van der Waals surface area (Å²) in [4.78, 5) is 0. The highest BCUT2D eigenvalue weighted by Crippen LogP contribution is 2.27. The molecule has 0 saturated carbocycles. The van der Waals surface area contributed by atoms with Crippen LogP contribution in [0.4, 0.5) is 0 Å². The Kier molecular flexibility index (Phi) is 6.67. The number of rotatable bonds is 8. The molecular formula is C14H23NO2.